The molecule has 0 bridgehead atoms. The topological polar surface area (TPSA) is 0 Å². The Labute approximate surface area is 72.4 Å². The standard InChI is InChI=1S/C11H13F/c1-9-4-2-3-5-10(9)11(8-12)6-7-11/h2-5H,6-8H2,1H3. The lowest BCUT2D eigenvalue weighted by molar-refractivity contribution is 0.417. The maximum Gasteiger partial charge on any atom is 0.0991 e. The van der Waals surface area contributed by atoms with E-state index in [2.05, 4.69) is 19.1 Å². The Bertz CT molecular complexity index is 287. The maximum absolute atomic E-state index is 12.7. The Hall–Kier alpha value is -0.850. The number of hydrogen-bond donors (Lipinski definition) is 0. The summed E-state index contributed by atoms with van der Waals surface area (Å²) >= 11 is 0. The van der Waals surface area contributed by atoms with Crippen LogP contribution in [0.2, 0.25) is 0 Å². The molecule has 0 atom stereocenters. The molecule has 1 heteroatoms. The van der Waals surface area contributed by atoms with Crippen molar-refractivity contribution in [3.63, 3.8) is 0 Å². The number of hydrogen-bond acceptors (Lipinski definition) is 0. The van der Waals surface area contributed by atoms with E-state index in [4.69, 9.17) is 0 Å². The summed E-state index contributed by atoms with van der Waals surface area (Å²) in [6.07, 6.45) is 2.04. The van der Waals surface area contributed by atoms with Gasteiger partial charge in [0.1, 0.15) is 0 Å². The van der Waals surface area contributed by atoms with Gasteiger partial charge in [0.2, 0.25) is 0 Å². The Kier molecular flexibility index (Phi) is 1.67. The summed E-state index contributed by atoms with van der Waals surface area (Å²) in [5, 5.41) is 0. The van der Waals surface area contributed by atoms with Gasteiger partial charge in [-0.05, 0) is 30.9 Å². The molecule has 0 unspecified atom stereocenters. The van der Waals surface area contributed by atoms with Crippen molar-refractivity contribution in [2.24, 2.45) is 0 Å². The average Bonchev–Trinajstić information content (AvgIpc) is 2.86. The third-order valence-electron chi connectivity index (χ3n) is 2.83. The SMILES string of the molecule is Cc1ccccc1C1(CF)CC1. The molecule has 12 heavy (non-hydrogen) atoms. The van der Waals surface area contributed by atoms with E-state index in [1.807, 2.05) is 12.1 Å². The van der Waals surface area contributed by atoms with Gasteiger partial charge < -0.3 is 0 Å². The first-order valence-corrected chi connectivity index (χ1v) is 4.41. The van der Waals surface area contributed by atoms with Crippen LogP contribution in [-0.4, -0.2) is 6.67 Å². The first-order valence-electron chi connectivity index (χ1n) is 4.41. The minimum Gasteiger partial charge on any atom is -0.250 e. The molecule has 0 radical (unpaired) electrons. The molecular weight excluding hydrogens is 151 g/mol. The van der Waals surface area contributed by atoms with Gasteiger partial charge in [0, 0.05) is 5.41 Å². The number of aryl methyl sites for hydroxylation is 1. The van der Waals surface area contributed by atoms with E-state index in [0.717, 1.165) is 12.8 Å². The lowest BCUT2D eigenvalue weighted by atomic mass is 9.93. The molecule has 0 aliphatic heterocycles. The van der Waals surface area contributed by atoms with Crippen LogP contribution < -0.4 is 0 Å². The van der Waals surface area contributed by atoms with E-state index >= 15 is 0 Å². The summed E-state index contributed by atoms with van der Waals surface area (Å²) in [6.45, 7) is 1.86. The van der Waals surface area contributed by atoms with E-state index in [1.54, 1.807) is 0 Å². The number of rotatable bonds is 2. The molecule has 2 rings (SSSR count). The van der Waals surface area contributed by atoms with Gasteiger partial charge >= 0.3 is 0 Å². The van der Waals surface area contributed by atoms with E-state index in [9.17, 15) is 4.39 Å². The van der Waals surface area contributed by atoms with Gasteiger partial charge in [-0.2, -0.15) is 0 Å². The molecule has 0 N–H and O–H groups in total. The zero-order chi connectivity index (χ0) is 8.60. The quantitative estimate of drug-likeness (QED) is 0.630. The molecule has 0 aromatic heterocycles. The number of halogens is 1. The summed E-state index contributed by atoms with van der Waals surface area (Å²) in [5.41, 5.74) is 2.35. The van der Waals surface area contributed by atoms with Crippen LogP contribution in [0.25, 0.3) is 0 Å². The largest absolute Gasteiger partial charge is 0.250 e. The molecule has 1 aromatic rings. The molecule has 1 aliphatic rings. The highest BCUT2D eigenvalue weighted by Gasteiger charge is 2.45. The third-order valence-corrected chi connectivity index (χ3v) is 2.83. The highest BCUT2D eigenvalue weighted by Crippen LogP contribution is 2.49. The lowest BCUT2D eigenvalue weighted by Crippen LogP contribution is -2.10. The van der Waals surface area contributed by atoms with E-state index in [-0.39, 0.29) is 12.1 Å². The van der Waals surface area contributed by atoms with Crippen molar-refractivity contribution in [2.75, 3.05) is 6.67 Å². The van der Waals surface area contributed by atoms with Crippen LogP contribution in [0.4, 0.5) is 4.39 Å². The molecular formula is C11H13F. The van der Waals surface area contributed by atoms with Crippen molar-refractivity contribution in [1.29, 1.82) is 0 Å². The van der Waals surface area contributed by atoms with Gasteiger partial charge in [-0.1, -0.05) is 24.3 Å². The number of benzene rings is 1. The maximum atomic E-state index is 12.7. The second-order valence-corrected chi connectivity index (χ2v) is 3.73. The average molecular weight is 164 g/mol. The molecule has 0 amide bonds. The zero-order valence-corrected chi connectivity index (χ0v) is 7.31. The van der Waals surface area contributed by atoms with Crippen molar-refractivity contribution >= 4 is 0 Å². The van der Waals surface area contributed by atoms with Crippen LogP contribution in [0.1, 0.15) is 24.0 Å². The fourth-order valence-corrected chi connectivity index (χ4v) is 1.79. The second-order valence-electron chi connectivity index (χ2n) is 3.73. The fraction of sp³-hybridized carbons (Fsp3) is 0.455. The predicted molar refractivity (Wildman–Crippen MR) is 48.1 cm³/mol. The molecule has 0 nitrogen and oxygen atoms in total. The van der Waals surface area contributed by atoms with Gasteiger partial charge in [-0.3, -0.25) is 4.39 Å². The monoisotopic (exact) mass is 164 g/mol. The lowest BCUT2D eigenvalue weighted by Gasteiger charge is -2.13. The summed E-state index contributed by atoms with van der Waals surface area (Å²) in [4.78, 5) is 0. The minimum absolute atomic E-state index is 0.0919. The summed E-state index contributed by atoms with van der Waals surface area (Å²) in [5.74, 6) is 0. The molecule has 1 aromatic carbocycles. The molecule has 0 spiro atoms. The third kappa shape index (κ3) is 1.04. The van der Waals surface area contributed by atoms with Crippen LogP contribution in [0.15, 0.2) is 24.3 Å². The van der Waals surface area contributed by atoms with Crippen LogP contribution in [0.5, 0.6) is 0 Å². The van der Waals surface area contributed by atoms with Gasteiger partial charge in [-0.25, -0.2) is 0 Å². The molecule has 1 fully saturated rings. The van der Waals surface area contributed by atoms with Crippen LogP contribution in [0, 0.1) is 6.92 Å². The highest BCUT2D eigenvalue weighted by atomic mass is 19.1. The van der Waals surface area contributed by atoms with Crippen molar-refractivity contribution in [3.8, 4) is 0 Å². The second kappa shape index (κ2) is 2.58. The van der Waals surface area contributed by atoms with E-state index in [0.29, 0.717) is 0 Å². The Morgan fingerprint density at radius 1 is 1.33 bits per heavy atom. The van der Waals surface area contributed by atoms with Crippen molar-refractivity contribution in [3.05, 3.63) is 35.4 Å². The van der Waals surface area contributed by atoms with Gasteiger partial charge in [0.25, 0.3) is 0 Å². The predicted octanol–water partition coefficient (Wildman–Crippen LogP) is 3.00. The van der Waals surface area contributed by atoms with E-state index in [1.165, 1.54) is 11.1 Å². The molecule has 64 valence electrons. The smallest absolute Gasteiger partial charge is 0.0991 e. The van der Waals surface area contributed by atoms with Crippen molar-refractivity contribution in [1.82, 2.24) is 0 Å². The molecule has 0 saturated heterocycles. The first kappa shape index (κ1) is 7.78. The summed E-state index contributed by atoms with van der Waals surface area (Å²) in [6, 6.07) is 8.12. The zero-order valence-electron chi connectivity index (χ0n) is 7.31. The van der Waals surface area contributed by atoms with Crippen LogP contribution in [-0.2, 0) is 5.41 Å². The van der Waals surface area contributed by atoms with Crippen molar-refractivity contribution in [2.45, 2.75) is 25.2 Å². The Balaban J connectivity index is 2.40. The van der Waals surface area contributed by atoms with Gasteiger partial charge in [-0.15, -0.1) is 0 Å². The van der Waals surface area contributed by atoms with E-state index < -0.39 is 0 Å². The highest BCUT2D eigenvalue weighted by molar-refractivity contribution is 5.37. The van der Waals surface area contributed by atoms with Gasteiger partial charge in [0.05, 0.1) is 6.67 Å². The van der Waals surface area contributed by atoms with Crippen LogP contribution in [0.3, 0.4) is 0 Å². The molecule has 1 aliphatic carbocycles. The van der Waals surface area contributed by atoms with Crippen molar-refractivity contribution < 1.29 is 4.39 Å². The van der Waals surface area contributed by atoms with Crippen LogP contribution >= 0.6 is 0 Å². The minimum atomic E-state index is -0.197. The summed E-state index contributed by atoms with van der Waals surface area (Å²) in [7, 11) is 0. The first-order chi connectivity index (χ1) is 5.78. The Morgan fingerprint density at radius 3 is 2.50 bits per heavy atom. The molecule has 0 heterocycles. The molecule has 1 saturated carbocycles. The summed E-state index contributed by atoms with van der Waals surface area (Å²) < 4.78 is 12.7. The normalized spacial score (nSPS) is 19.2. The Morgan fingerprint density at radius 2 is 2.00 bits per heavy atom. The number of alkyl halides is 1. The van der Waals surface area contributed by atoms with Gasteiger partial charge in [0.15, 0.2) is 0 Å². The fourth-order valence-electron chi connectivity index (χ4n) is 1.79.